The lowest BCUT2D eigenvalue weighted by atomic mass is 9.69. The van der Waals surface area contributed by atoms with Gasteiger partial charge in [-0.15, -0.1) is 0 Å². The Balaban J connectivity index is 1.83. The van der Waals surface area contributed by atoms with Crippen LogP contribution in [0.3, 0.4) is 0 Å². The quantitative estimate of drug-likeness (QED) is 0.882. The summed E-state index contributed by atoms with van der Waals surface area (Å²) >= 11 is 0. The van der Waals surface area contributed by atoms with Crippen LogP contribution >= 0.6 is 0 Å². The lowest BCUT2D eigenvalue weighted by Crippen LogP contribution is -2.37. The highest BCUT2D eigenvalue weighted by Crippen LogP contribution is 2.40. The Hall–Kier alpha value is -1.02. The molecule has 1 aromatic carbocycles. The van der Waals surface area contributed by atoms with Crippen molar-refractivity contribution in [2.24, 2.45) is 5.73 Å². The minimum Gasteiger partial charge on any atom is -0.490 e. The molecular formula is C16H23NO. The Morgan fingerprint density at radius 3 is 2.61 bits per heavy atom. The van der Waals surface area contributed by atoms with Gasteiger partial charge in [0.15, 0.2) is 0 Å². The number of rotatable bonds is 4. The highest BCUT2D eigenvalue weighted by atomic mass is 16.5. The fourth-order valence-electron chi connectivity index (χ4n) is 3.12. The number of nitrogens with two attached hydrogens (primary N) is 1. The first-order valence-corrected chi connectivity index (χ1v) is 7.30. The van der Waals surface area contributed by atoms with Crippen molar-refractivity contribution in [2.75, 3.05) is 6.54 Å². The summed E-state index contributed by atoms with van der Waals surface area (Å²) in [5.41, 5.74) is 7.69. The summed E-state index contributed by atoms with van der Waals surface area (Å²) in [6, 6.07) is 8.67. The van der Waals surface area contributed by atoms with Crippen LogP contribution in [0, 0.1) is 0 Å². The molecule has 2 N–H and O–H groups in total. The van der Waals surface area contributed by atoms with Crippen LogP contribution in [-0.2, 0) is 5.41 Å². The molecule has 0 atom stereocenters. The van der Waals surface area contributed by atoms with Crippen LogP contribution in [0.5, 0.6) is 5.75 Å². The van der Waals surface area contributed by atoms with Gasteiger partial charge in [0, 0.05) is 12.0 Å². The third-order valence-corrected chi connectivity index (χ3v) is 4.47. The summed E-state index contributed by atoms with van der Waals surface area (Å²) in [6.45, 7) is 0.764. The molecule has 0 unspecified atom stereocenters. The third-order valence-electron chi connectivity index (χ3n) is 4.47. The van der Waals surface area contributed by atoms with E-state index in [0.717, 1.165) is 12.3 Å². The van der Waals surface area contributed by atoms with Gasteiger partial charge < -0.3 is 10.5 Å². The van der Waals surface area contributed by atoms with Crippen LogP contribution in [-0.4, -0.2) is 12.6 Å². The topological polar surface area (TPSA) is 35.2 Å². The predicted molar refractivity (Wildman–Crippen MR) is 73.9 cm³/mol. The van der Waals surface area contributed by atoms with E-state index in [9.17, 15) is 0 Å². The molecule has 0 saturated heterocycles. The fraction of sp³-hybridized carbons (Fsp3) is 0.625. The summed E-state index contributed by atoms with van der Waals surface area (Å²) < 4.78 is 5.91. The minimum atomic E-state index is 0.209. The molecular weight excluding hydrogens is 222 g/mol. The highest BCUT2D eigenvalue weighted by molar-refractivity contribution is 5.35. The van der Waals surface area contributed by atoms with Crippen LogP contribution < -0.4 is 10.5 Å². The van der Waals surface area contributed by atoms with E-state index in [0.29, 0.717) is 6.10 Å². The van der Waals surface area contributed by atoms with Gasteiger partial charge in [-0.2, -0.15) is 0 Å². The van der Waals surface area contributed by atoms with Crippen molar-refractivity contribution in [1.29, 1.82) is 0 Å². The second-order valence-electron chi connectivity index (χ2n) is 5.89. The lowest BCUT2D eigenvalue weighted by molar-refractivity contribution is 0.289. The minimum absolute atomic E-state index is 0.209. The maximum absolute atomic E-state index is 6.09. The zero-order valence-corrected chi connectivity index (χ0v) is 11.0. The molecule has 2 heteroatoms. The van der Waals surface area contributed by atoms with Gasteiger partial charge in [0.25, 0.3) is 0 Å². The molecule has 0 bridgehead atoms. The Labute approximate surface area is 110 Å². The molecule has 0 heterocycles. The zero-order valence-electron chi connectivity index (χ0n) is 11.0. The monoisotopic (exact) mass is 245 g/mol. The van der Waals surface area contributed by atoms with Gasteiger partial charge in [-0.05, 0) is 43.4 Å². The highest BCUT2D eigenvalue weighted by Gasteiger charge is 2.33. The average Bonchev–Trinajstić information content (AvgIpc) is 3.24. The van der Waals surface area contributed by atoms with E-state index in [1.807, 2.05) is 0 Å². The van der Waals surface area contributed by atoms with Crippen molar-refractivity contribution in [1.82, 2.24) is 0 Å². The Kier molecular flexibility index (Phi) is 3.29. The van der Waals surface area contributed by atoms with Crippen molar-refractivity contribution in [3.63, 3.8) is 0 Å². The number of hydrogen-bond acceptors (Lipinski definition) is 2. The second-order valence-corrected chi connectivity index (χ2v) is 5.89. The molecule has 18 heavy (non-hydrogen) atoms. The fourth-order valence-corrected chi connectivity index (χ4v) is 3.12. The lowest BCUT2D eigenvalue weighted by Gasteiger charge is -2.37. The van der Waals surface area contributed by atoms with Gasteiger partial charge in [-0.25, -0.2) is 0 Å². The van der Waals surface area contributed by atoms with Crippen molar-refractivity contribution in [3.05, 3.63) is 29.8 Å². The molecule has 98 valence electrons. The summed E-state index contributed by atoms with van der Waals surface area (Å²) in [5, 5.41) is 0. The van der Waals surface area contributed by atoms with E-state index in [2.05, 4.69) is 24.3 Å². The second kappa shape index (κ2) is 4.93. The Bertz CT molecular complexity index is 405. The molecule has 2 nitrogen and oxygen atoms in total. The maximum atomic E-state index is 6.09. The molecule has 2 saturated carbocycles. The Morgan fingerprint density at radius 2 is 1.94 bits per heavy atom. The summed E-state index contributed by atoms with van der Waals surface area (Å²) in [6.07, 6.45) is 9.35. The van der Waals surface area contributed by atoms with Crippen molar-refractivity contribution >= 4 is 0 Å². The van der Waals surface area contributed by atoms with Crippen LogP contribution in [0.4, 0.5) is 0 Å². The van der Waals surface area contributed by atoms with E-state index >= 15 is 0 Å². The van der Waals surface area contributed by atoms with Crippen molar-refractivity contribution < 1.29 is 4.74 Å². The van der Waals surface area contributed by atoms with Gasteiger partial charge >= 0.3 is 0 Å². The van der Waals surface area contributed by atoms with Gasteiger partial charge in [0.2, 0.25) is 0 Å². The average molecular weight is 245 g/mol. The van der Waals surface area contributed by atoms with Crippen molar-refractivity contribution in [3.8, 4) is 5.75 Å². The normalized spacial score (nSPS) is 22.7. The first-order chi connectivity index (χ1) is 8.82. The number of hydrogen-bond donors (Lipinski definition) is 1. The van der Waals surface area contributed by atoms with Gasteiger partial charge in [-0.1, -0.05) is 31.4 Å². The first kappa shape index (κ1) is 12.0. The van der Waals surface area contributed by atoms with Gasteiger partial charge in [0.05, 0.1) is 6.10 Å². The molecule has 2 aliphatic rings. The molecule has 2 aliphatic carbocycles. The Morgan fingerprint density at radius 1 is 1.17 bits per heavy atom. The van der Waals surface area contributed by atoms with Crippen LogP contribution in [0.25, 0.3) is 0 Å². The largest absolute Gasteiger partial charge is 0.490 e. The third kappa shape index (κ3) is 2.39. The predicted octanol–water partition coefficient (Wildman–Crippen LogP) is 3.39. The summed E-state index contributed by atoms with van der Waals surface area (Å²) in [4.78, 5) is 0. The smallest absolute Gasteiger partial charge is 0.120 e. The van der Waals surface area contributed by atoms with Crippen LogP contribution in [0.2, 0.25) is 0 Å². The molecule has 1 aromatic rings. The summed E-state index contributed by atoms with van der Waals surface area (Å²) in [5.74, 6) is 1.04. The number of benzene rings is 1. The van der Waals surface area contributed by atoms with Gasteiger partial charge in [0.1, 0.15) is 5.75 Å². The SMILES string of the molecule is NCC1(c2cccc(OC3CC3)c2)CCCCC1. The maximum Gasteiger partial charge on any atom is 0.120 e. The van der Waals surface area contributed by atoms with E-state index in [1.54, 1.807) is 0 Å². The van der Waals surface area contributed by atoms with E-state index in [4.69, 9.17) is 10.5 Å². The molecule has 0 aliphatic heterocycles. The standard InChI is InChI=1S/C16H23NO/c17-12-16(9-2-1-3-10-16)13-5-4-6-15(11-13)18-14-7-8-14/h4-6,11,14H,1-3,7-10,12,17H2. The summed E-state index contributed by atoms with van der Waals surface area (Å²) in [7, 11) is 0. The van der Waals surface area contributed by atoms with Crippen molar-refractivity contribution in [2.45, 2.75) is 56.5 Å². The van der Waals surface area contributed by atoms with Crippen LogP contribution in [0.1, 0.15) is 50.5 Å². The molecule has 3 rings (SSSR count). The zero-order chi connectivity index (χ0) is 12.4. The molecule has 0 aromatic heterocycles. The number of ether oxygens (including phenoxy) is 1. The molecule has 0 radical (unpaired) electrons. The van der Waals surface area contributed by atoms with E-state index < -0.39 is 0 Å². The van der Waals surface area contributed by atoms with E-state index in [-0.39, 0.29) is 5.41 Å². The van der Waals surface area contributed by atoms with Crippen LogP contribution in [0.15, 0.2) is 24.3 Å². The molecule has 0 amide bonds. The first-order valence-electron chi connectivity index (χ1n) is 7.30. The molecule has 0 spiro atoms. The molecule has 2 fully saturated rings. The van der Waals surface area contributed by atoms with Gasteiger partial charge in [-0.3, -0.25) is 0 Å². The van der Waals surface area contributed by atoms with E-state index in [1.165, 1.54) is 50.5 Å².